The van der Waals surface area contributed by atoms with Gasteiger partial charge in [0.15, 0.2) is 0 Å². The summed E-state index contributed by atoms with van der Waals surface area (Å²) in [6.45, 7) is 6.75. The van der Waals surface area contributed by atoms with Crippen molar-refractivity contribution < 1.29 is 9.15 Å². The molecule has 0 fully saturated rings. The summed E-state index contributed by atoms with van der Waals surface area (Å²) in [5, 5.41) is 1.08. The summed E-state index contributed by atoms with van der Waals surface area (Å²) in [5.41, 5.74) is 6.80. The molecule has 0 bridgehead atoms. The lowest BCUT2D eigenvalue weighted by atomic mass is 9.92. The number of benzene rings is 1. The third-order valence-corrected chi connectivity index (χ3v) is 3.59. The van der Waals surface area contributed by atoms with Gasteiger partial charge in [-0.25, -0.2) is 0 Å². The molecule has 1 aromatic carbocycles. The van der Waals surface area contributed by atoms with Crippen LogP contribution in [0.3, 0.4) is 0 Å². The number of hydrogen-bond acceptors (Lipinski definition) is 3. The first-order valence-corrected chi connectivity index (χ1v) is 6.48. The molecule has 0 radical (unpaired) electrons. The predicted molar refractivity (Wildman–Crippen MR) is 73.5 cm³/mol. The van der Waals surface area contributed by atoms with Crippen LogP contribution in [0.15, 0.2) is 34.7 Å². The fourth-order valence-corrected chi connectivity index (χ4v) is 2.20. The van der Waals surface area contributed by atoms with Gasteiger partial charge in [0.25, 0.3) is 0 Å². The molecule has 2 rings (SSSR count). The first kappa shape index (κ1) is 13.1. The normalized spacial score (nSPS) is 16.7. The van der Waals surface area contributed by atoms with E-state index in [4.69, 9.17) is 14.9 Å². The summed E-state index contributed by atoms with van der Waals surface area (Å²) in [6.07, 6.45) is 0.846. The van der Waals surface area contributed by atoms with E-state index < -0.39 is 0 Å². The summed E-state index contributed by atoms with van der Waals surface area (Å²) < 4.78 is 11.6. The highest BCUT2D eigenvalue weighted by Crippen LogP contribution is 2.33. The second-order valence-electron chi connectivity index (χ2n) is 4.76. The Bertz CT molecular complexity index is 487. The van der Waals surface area contributed by atoms with E-state index in [0.29, 0.717) is 6.61 Å². The molecule has 2 unspecified atom stereocenters. The zero-order valence-electron chi connectivity index (χ0n) is 11.3. The van der Waals surface area contributed by atoms with Gasteiger partial charge in [-0.3, -0.25) is 0 Å². The van der Waals surface area contributed by atoms with E-state index in [1.165, 1.54) is 0 Å². The van der Waals surface area contributed by atoms with Gasteiger partial charge in [-0.2, -0.15) is 0 Å². The molecule has 3 nitrogen and oxygen atoms in total. The number of rotatable bonds is 5. The number of para-hydroxylation sites is 1. The third-order valence-electron chi connectivity index (χ3n) is 3.59. The molecule has 98 valence electrons. The average molecular weight is 247 g/mol. The molecule has 1 heterocycles. The molecule has 0 saturated heterocycles. The van der Waals surface area contributed by atoms with Crippen molar-refractivity contribution in [2.75, 3.05) is 6.61 Å². The van der Waals surface area contributed by atoms with Crippen LogP contribution in [0.2, 0.25) is 0 Å². The maximum atomic E-state index is 6.32. The molecular formula is C15H21NO2. The van der Waals surface area contributed by atoms with Crippen molar-refractivity contribution in [3.05, 3.63) is 36.1 Å². The van der Waals surface area contributed by atoms with Crippen molar-refractivity contribution in [2.24, 2.45) is 5.73 Å². The minimum atomic E-state index is -0.386. The molecular weight excluding hydrogens is 226 g/mol. The van der Waals surface area contributed by atoms with Crippen molar-refractivity contribution in [3.8, 4) is 0 Å². The molecule has 1 aromatic heterocycles. The van der Waals surface area contributed by atoms with Crippen molar-refractivity contribution >= 4 is 11.0 Å². The lowest BCUT2D eigenvalue weighted by molar-refractivity contribution is -0.0511. The average Bonchev–Trinajstić information content (AvgIpc) is 2.81. The predicted octanol–water partition coefficient (Wildman–Crippen LogP) is 3.64. The summed E-state index contributed by atoms with van der Waals surface area (Å²) in [4.78, 5) is 0. The number of fused-ring (bicyclic) bond motifs is 1. The zero-order chi connectivity index (χ0) is 13.2. The molecule has 2 N–H and O–H groups in total. The van der Waals surface area contributed by atoms with Gasteiger partial charge in [0, 0.05) is 12.0 Å². The van der Waals surface area contributed by atoms with E-state index in [1.807, 2.05) is 44.2 Å². The van der Waals surface area contributed by atoms with Crippen molar-refractivity contribution in [3.63, 3.8) is 0 Å². The standard InChI is InChI=1S/C15H21NO2/c1-4-15(3,17-5-2)14(16)13-10-11-8-6-7-9-12(11)18-13/h6-10,14H,4-5,16H2,1-3H3. The second kappa shape index (κ2) is 5.12. The van der Waals surface area contributed by atoms with Crippen LogP contribution in [0.25, 0.3) is 11.0 Å². The molecule has 2 atom stereocenters. The minimum absolute atomic E-state index is 0.255. The van der Waals surface area contributed by atoms with Gasteiger partial charge in [0.05, 0.1) is 11.6 Å². The molecule has 3 heteroatoms. The first-order chi connectivity index (χ1) is 8.60. The van der Waals surface area contributed by atoms with E-state index in [9.17, 15) is 0 Å². The molecule has 0 amide bonds. The van der Waals surface area contributed by atoms with Crippen LogP contribution >= 0.6 is 0 Å². The highest BCUT2D eigenvalue weighted by atomic mass is 16.5. The zero-order valence-corrected chi connectivity index (χ0v) is 11.3. The number of ether oxygens (including phenoxy) is 1. The van der Waals surface area contributed by atoms with Gasteiger partial charge < -0.3 is 14.9 Å². The Labute approximate surface area is 108 Å². The quantitative estimate of drug-likeness (QED) is 0.877. The summed E-state index contributed by atoms with van der Waals surface area (Å²) in [5.74, 6) is 0.786. The van der Waals surface area contributed by atoms with Crippen molar-refractivity contribution in [2.45, 2.75) is 38.8 Å². The first-order valence-electron chi connectivity index (χ1n) is 6.48. The van der Waals surface area contributed by atoms with Crippen LogP contribution in [0.4, 0.5) is 0 Å². The maximum Gasteiger partial charge on any atom is 0.134 e. The van der Waals surface area contributed by atoms with E-state index >= 15 is 0 Å². The van der Waals surface area contributed by atoms with Crippen LogP contribution in [0.5, 0.6) is 0 Å². The van der Waals surface area contributed by atoms with Gasteiger partial charge in [0.1, 0.15) is 11.3 Å². The van der Waals surface area contributed by atoms with Gasteiger partial charge in [-0.15, -0.1) is 0 Å². The van der Waals surface area contributed by atoms with Crippen LogP contribution in [-0.2, 0) is 4.74 Å². The summed E-state index contributed by atoms with van der Waals surface area (Å²) in [6, 6.07) is 9.69. The summed E-state index contributed by atoms with van der Waals surface area (Å²) in [7, 11) is 0. The molecule has 0 aliphatic rings. The molecule has 0 aliphatic carbocycles. The van der Waals surface area contributed by atoms with E-state index in [-0.39, 0.29) is 11.6 Å². The highest BCUT2D eigenvalue weighted by Gasteiger charge is 2.33. The largest absolute Gasteiger partial charge is 0.459 e. The Morgan fingerprint density at radius 1 is 1.33 bits per heavy atom. The number of nitrogens with two attached hydrogens (primary N) is 1. The Morgan fingerprint density at radius 3 is 2.67 bits per heavy atom. The number of furan rings is 1. The van der Waals surface area contributed by atoms with Crippen LogP contribution in [0, 0.1) is 0 Å². The van der Waals surface area contributed by atoms with Crippen LogP contribution in [-0.4, -0.2) is 12.2 Å². The summed E-state index contributed by atoms with van der Waals surface area (Å²) >= 11 is 0. The third kappa shape index (κ3) is 2.28. The van der Waals surface area contributed by atoms with Crippen LogP contribution < -0.4 is 5.73 Å². The Morgan fingerprint density at radius 2 is 2.06 bits per heavy atom. The molecule has 0 saturated carbocycles. The van der Waals surface area contributed by atoms with E-state index in [1.54, 1.807) is 0 Å². The van der Waals surface area contributed by atoms with Gasteiger partial charge >= 0.3 is 0 Å². The monoisotopic (exact) mass is 247 g/mol. The molecule has 0 aliphatic heterocycles. The maximum absolute atomic E-state index is 6.32. The van der Waals surface area contributed by atoms with Crippen molar-refractivity contribution in [1.29, 1.82) is 0 Å². The highest BCUT2D eigenvalue weighted by molar-refractivity contribution is 5.77. The van der Waals surface area contributed by atoms with Gasteiger partial charge in [-0.05, 0) is 32.4 Å². The topological polar surface area (TPSA) is 48.4 Å². The smallest absolute Gasteiger partial charge is 0.134 e. The fourth-order valence-electron chi connectivity index (χ4n) is 2.20. The van der Waals surface area contributed by atoms with Crippen LogP contribution in [0.1, 0.15) is 39.0 Å². The molecule has 0 spiro atoms. The lowest BCUT2D eigenvalue weighted by Gasteiger charge is -2.33. The fraction of sp³-hybridized carbons (Fsp3) is 0.467. The van der Waals surface area contributed by atoms with Crippen molar-refractivity contribution in [1.82, 2.24) is 0 Å². The Balaban J connectivity index is 2.34. The number of hydrogen-bond donors (Lipinski definition) is 1. The Hall–Kier alpha value is -1.32. The second-order valence-corrected chi connectivity index (χ2v) is 4.76. The van der Waals surface area contributed by atoms with E-state index in [0.717, 1.165) is 23.2 Å². The van der Waals surface area contributed by atoms with E-state index in [2.05, 4.69) is 6.92 Å². The minimum Gasteiger partial charge on any atom is -0.459 e. The van der Waals surface area contributed by atoms with Gasteiger partial charge in [-0.1, -0.05) is 25.1 Å². The molecule has 18 heavy (non-hydrogen) atoms. The SMILES string of the molecule is CCOC(C)(CC)C(N)c1cc2ccccc2o1. The lowest BCUT2D eigenvalue weighted by Crippen LogP contribution is -2.40. The molecule has 2 aromatic rings. The van der Waals surface area contributed by atoms with Gasteiger partial charge in [0.2, 0.25) is 0 Å². The Kier molecular flexibility index (Phi) is 3.73.